The molecular formula is C13H21N2O. The molecule has 1 saturated heterocycles. The van der Waals surface area contributed by atoms with Crippen molar-refractivity contribution >= 4 is 0 Å². The van der Waals surface area contributed by atoms with E-state index in [0.29, 0.717) is 0 Å². The molecule has 0 amide bonds. The first-order valence-electron chi connectivity index (χ1n) is 6.10. The van der Waals surface area contributed by atoms with Crippen LogP contribution < -0.4 is 0 Å². The van der Waals surface area contributed by atoms with Gasteiger partial charge in [-0.1, -0.05) is 12.2 Å². The number of allylic oxidation sites excluding steroid dienone is 3. The van der Waals surface area contributed by atoms with Gasteiger partial charge in [-0.2, -0.15) is 0 Å². The zero-order chi connectivity index (χ0) is 11.4. The molecule has 2 rings (SSSR count). The lowest BCUT2D eigenvalue weighted by molar-refractivity contribution is 0.133. The Hall–Kier alpha value is -0.800. The molecule has 0 bridgehead atoms. The molecule has 0 spiro atoms. The molecule has 1 radical (unpaired) electrons. The first-order chi connectivity index (χ1) is 7.81. The number of β-amino-alcohol motifs (C(OH)–C–C–N with tert-alkyl or cyclic N) is 1. The molecule has 1 heterocycles. The summed E-state index contributed by atoms with van der Waals surface area (Å²) in [4.78, 5) is 4.79. The summed E-state index contributed by atoms with van der Waals surface area (Å²) in [5.41, 5.74) is 2.79. The zero-order valence-corrected chi connectivity index (χ0v) is 10.0. The molecule has 89 valence electrons. The molecule has 3 heteroatoms. The molecule has 0 atom stereocenters. The summed E-state index contributed by atoms with van der Waals surface area (Å²) >= 11 is 0. The van der Waals surface area contributed by atoms with Crippen LogP contribution in [0.4, 0.5) is 0 Å². The van der Waals surface area contributed by atoms with E-state index in [1.807, 2.05) is 0 Å². The summed E-state index contributed by atoms with van der Waals surface area (Å²) in [5.74, 6) is 0. The van der Waals surface area contributed by atoms with Gasteiger partial charge in [-0.25, -0.2) is 0 Å². The van der Waals surface area contributed by atoms with Crippen molar-refractivity contribution in [1.82, 2.24) is 9.80 Å². The molecule has 0 aromatic carbocycles. The van der Waals surface area contributed by atoms with Gasteiger partial charge < -0.3 is 10.0 Å². The highest BCUT2D eigenvalue weighted by atomic mass is 16.3. The highest BCUT2D eigenvalue weighted by Crippen LogP contribution is 2.22. The summed E-state index contributed by atoms with van der Waals surface area (Å²) < 4.78 is 0. The number of nitrogens with zero attached hydrogens (tertiary/aromatic N) is 2. The first-order valence-corrected chi connectivity index (χ1v) is 6.10. The van der Waals surface area contributed by atoms with E-state index in [1.165, 1.54) is 11.3 Å². The summed E-state index contributed by atoms with van der Waals surface area (Å²) in [7, 11) is 0. The molecular weight excluding hydrogens is 200 g/mol. The second kappa shape index (κ2) is 5.51. The third-order valence-corrected chi connectivity index (χ3v) is 3.35. The molecule has 0 aromatic heterocycles. The van der Waals surface area contributed by atoms with Gasteiger partial charge in [-0.15, -0.1) is 0 Å². The van der Waals surface area contributed by atoms with Crippen LogP contribution in [0.25, 0.3) is 0 Å². The van der Waals surface area contributed by atoms with Gasteiger partial charge in [0.1, 0.15) is 0 Å². The number of aliphatic hydroxyl groups excluding tert-OH is 1. The fourth-order valence-electron chi connectivity index (χ4n) is 2.40. The molecule has 0 unspecified atom stereocenters. The lowest BCUT2D eigenvalue weighted by atomic mass is 10.0. The summed E-state index contributed by atoms with van der Waals surface area (Å²) in [5, 5.41) is 8.90. The van der Waals surface area contributed by atoms with E-state index < -0.39 is 0 Å². The third-order valence-electron chi connectivity index (χ3n) is 3.35. The van der Waals surface area contributed by atoms with E-state index in [0.717, 1.165) is 39.1 Å². The van der Waals surface area contributed by atoms with Crippen molar-refractivity contribution in [1.29, 1.82) is 0 Å². The smallest absolute Gasteiger partial charge is 0.0558 e. The summed E-state index contributed by atoms with van der Waals surface area (Å²) in [6.07, 6.45) is 7.80. The van der Waals surface area contributed by atoms with Gasteiger partial charge in [0.05, 0.1) is 6.61 Å². The summed E-state index contributed by atoms with van der Waals surface area (Å²) in [6.45, 7) is 7.56. The Labute approximate surface area is 98.0 Å². The Morgan fingerprint density at radius 2 is 2.00 bits per heavy atom. The fraction of sp³-hybridized carbons (Fsp3) is 0.615. The Balaban J connectivity index is 1.89. The monoisotopic (exact) mass is 221 g/mol. The average Bonchev–Trinajstić information content (AvgIpc) is 2.31. The van der Waals surface area contributed by atoms with Crippen LogP contribution in [0.5, 0.6) is 0 Å². The standard InChI is InChI=1S/C13H21N2O/c1-12-4-2-3-5-13(12)15-8-6-14(7-9-15)10-11-16/h2,4-5,16H,3,6-11H2,1H3. The van der Waals surface area contributed by atoms with Gasteiger partial charge in [0.25, 0.3) is 0 Å². The molecule has 1 N–H and O–H groups in total. The predicted molar refractivity (Wildman–Crippen MR) is 65.9 cm³/mol. The maximum absolute atomic E-state index is 8.90. The molecule has 1 aliphatic carbocycles. The minimum atomic E-state index is 0.274. The van der Waals surface area contributed by atoms with Crippen molar-refractivity contribution in [2.24, 2.45) is 0 Å². The molecule has 0 aromatic rings. The van der Waals surface area contributed by atoms with Crippen molar-refractivity contribution in [3.8, 4) is 0 Å². The molecule has 0 saturated carbocycles. The van der Waals surface area contributed by atoms with E-state index in [4.69, 9.17) is 5.11 Å². The molecule has 3 nitrogen and oxygen atoms in total. The maximum Gasteiger partial charge on any atom is 0.0558 e. The van der Waals surface area contributed by atoms with Crippen molar-refractivity contribution in [2.45, 2.75) is 13.3 Å². The van der Waals surface area contributed by atoms with Crippen LogP contribution in [0.2, 0.25) is 0 Å². The van der Waals surface area contributed by atoms with Crippen LogP contribution in [0, 0.1) is 6.42 Å². The van der Waals surface area contributed by atoms with Gasteiger partial charge >= 0.3 is 0 Å². The molecule has 16 heavy (non-hydrogen) atoms. The quantitative estimate of drug-likeness (QED) is 0.771. The van der Waals surface area contributed by atoms with Crippen LogP contribution in [-0.2, 0) is 0 Å². The van der Waals surface area contributed by atoms with E-state index in [1.54, 1.807) is 0 Å². The zero-order valence-electron chi connectivity index (χ0n) is 10.0. The average molecular weight is 221 g/mol. The normalized spacial score (nSPS) is 23.0. The Morgan fingerprint density at radius 3 is 2.62 bits per heavy atom. The topological polar surface area (TPSA) is 26.7 Å². The van der Waals surface area contributed by atoms with Crippen LogP contribution in [0.3, 0.4) is 0 Å². The second-order valence-corrected chi connectivity index (χ2v) is 4.46. The lowest BCUT2D eigenvalue weighted by Crippen LogP contribution is -2.46. The Morgan fingerprint density at radius 1 is 1.25 bits per heavy atom. The third kappa shape index (κ3) is 2.66. The predicted octanol–water partition coefficient (Wildman–Crippen LogP) is 1.03. The van der Waals surface area contributed by atoms with Crippen LogP contribution in [-0.4, -0.2) is 54.2 Å². The maximum atomic E-state index is 8.90. The van der Waals surface area contributed by atoms with Gasteiger partial charge in [0.15, 0.2) is 0 Å². The van der Waals surface area contributed by atoms with Gasteiger partial charge in [0.2, 0.25) is 0 Å². The van der Waals surface area contributed by atoms with Crippen LogP contribution in [0.15, 0.2) is 23.4 Å². The van der Waals surface area contributed by atoms with E-state index >= 15 is 0 Å². The van der Waals surface area contributed by atoms with Crippen molar-refractivity contribution < 1.29 is 5.11 Å². The van der Waals surface area contributed by atoms with E-state index in [9.17, 15) is 0 Å². The minimum Gasteiger partial charge on any atom is -0.395 e. The van der Waals surface area contributed by atoms with Crippen molar-refractivity contribution in [2.75, 3.05) is 39.3 Å². The number of aliphatic hydroxyl groups is 1. The van der Waals surface area contributed by atoms with Crippen LogP contribution in [0.1, 0.15) is 13.3 Å². The largest absolute Gasteiger partial charge is 0.395 e. The number of hydrogen-bond donors (Lipinski definition) is 1. The number of rotatable bonds is 3. The van der Waals surface area contributed by atoms with E-state index in [-0.39, 0.29) is 6.61 Å². The van der Waals surface area contributed by atoms with E-state index in [2.05, 4.69) is 35.3 Å². The molecule has 1 fully saturated rings. The Bertz CT molecular complexity index is 288. The fourth-order valence-corrected chi connectivity index (χ4v) is 2.40. The highest BCUT2D eigenvalue weighted by molar-refractivity contribution is 5.34. The minimum absolute atomic E-state index is 0.274. The number of piperazine rings is 1. The highest BCUT2D eigenvalue weighted by Gasteiger charge is 2.19. The Kier molecular flexibility index (Phi) is 4.02. The molecule has 1 aliphatic heterocycles. The van der Waals surface area contributed by atoms with Crippen molar-refractivity contribution in [3.05, 3.63) is 29.8 Å². The number of hydrogen-bond acceptors (Lipinski definition) is 3. The van der Waals surface area contributed by atoms with Gasteiger partial charge in [0, 0.05) is 38.4 Å². The second-order valence-electron chi connectivity index (χ2n) is 4.46. The lowest BCUT2D eigenvalue weighted by Gasteiger charge is -2.38. The van der Waals surface area contributed by atoms with Crippen LogP contribution >= 0.6 is 0 Å². The molecule has 2 aliphatic rings. The first kappa shape index (κ1) is 11.7. The SMILES string of the molecule is CC1=C[CH]CC=C1N1CCN(CCO)CC1. The van der Waals surface area contributed by atoms with Gasteiger partial charge in [-0.05, 0) is 25.3 Å². The van der Waals surface area contributed by atoms with Crippen molar-refractivity contribution in [3.63, 3.8) is 0 Å². The van der Waals surface area contributed by atoms with Gasteiger partial charge in [-0.3, -0.25) is 4.90 Å². The summed E-state index contributed by atoms with van der Waals surface area (Å²) in [6, 6.07) is 0.